The van der Waals surface area contributed by atoms with E-state index in [1.165, 1.54) is 40.7 Å². The molecule has 0 amide bonds. The van der Waals surface area contributed by atoms with Crippen LogP contribution in [0, 0.1) is 0 Å². The molecule has 2 atom stereocenters. The van der Waals surface area contributed by atoms with Gasteiger partial charge in [-0.2, -0.15) is 4.98 Å². The molecule has 1 saturated heterocycles. The Kier molecular flexibility index (Phi) is 4.72. The van der Waals surface area contributed by atoms with E-state index >= 15 is 0 Å². The zero-order valence-electron chi connectivity index (χ0n) is 12.5. The minimum absolute atomic E-state index is 0.00544. The van der Waals surface area contributed by atoms with Gasteiger partial charge < -0.3 is 20.3 Å². The van der Waals surface area contributed by atoms with Crippen LogP contribution in [0.3, 0.4) is 0 Å². The van der Waals surface area contributed by atoms with E-state index in [1.54, 1.807) is 12.1 Å². The smallest absolute Gasteiger partial charge is 0.351 e. The third-order valence-electron chi connectivity index (χ3n) is 3.37. The first kappa shape index (κ1) is 16.3. The van der Waals surface area contributed by atoms with Crippen molar-refractivity contribution in [1.29, 1.82) is 0 Å². The number of aromatic hydroxyl groups is 1. The molecule has 0 saturated carbocycles. The Labute approximate surface area is 141 Å². The van der Waals surface area contributed by atoms with Crippen molar-refractivity contribution in [1.82, 2.24) is 9.55 Å². The number of anilines is 1. The Bertz CT molecular complexity index is 810. The molecule has 1 aliphatic rings. The van der Waals surface area contributed by atoms with Crippen molar-refractivity contribution in [2.24, 2.45) is 0 Å². The maximum atomic E-state index is 11.9. The summed E-state index contributed by atoms with van der Waals surface area (Å²) in [6.07, 6.45) is 1.02. The molecule has 1 aliphatic heterocycles. The minimum atomic E-state index is -0.632. The van der Waals surface area contributed by atoms with E-state index in [0.717, 1.165) is 0 Å². The zero-order chi connectivity index (χ0) is 17.1. The molecule has 0 bridgehead atoms. The molecule has 8 nitrogen and oxygen atoms in total. The maximum Gasteiger partial charge on any atom is 0.351 e. The molecule has 1 aromatic carbocycles. The second-order valence-corrected chi connectivity index (χ2v) is 6.20. The van der Waals surface area contributed by atoms with E-state index in [4.69, 9.17) is 15.2 Å². The number of phenols is 1. The lowest BCUT2D eigenvalue weighted by atomic mass is 10.2. The van der Waals surface area contributed by atoms with Gasteiger partial charge in [-0.05, 0) is 18.2 Å². The molecule has 0 aliphatic carbocycles. The van der Waals surface area contributed by atoms with Crippen LogP contribution in [-0.4, -0.2) is 38.4 Å². The third kappa shape index (κ3) is 3.52. The van der Waals surface area contributed by atoms with Gasteiger partial charge in [0.1, 0.15) is 35.4 Å². The van der Waals surface area contributed by atoms with Crippen molar-refractivity contribution in [2.45, 2.75) is 11.7 Å². The number of esters is 1. The topological polar surface area (TPSA) is 117 Å². The summed E-state index contributed by atoms with van der Waals surface area (Å²) in [6, 6.07) is 7.65. The Morgan fingerprint density at radius 1 is 1.46 bits per heavy atom. The fraction of sp³-hybridized carbons (Fsp3) is 0.267. The number of nitrogens with zero attached hydrogens (tertiary/aromatic N) is 2. The molecule has 24 heavy (non-hydrogen) atoms. The predicted octanol–water partition coefficient (Wildman–Crippen LogP) is 0.976. The van der Waals surface area contributed by atoms with E-state index in [2.05, 4.69) is 4.98 Å². The van der Waals surface area contributed by atoms with Crippen LogP contribution in [0.25, 0.3) is 0 Å². The van der Waals surface area contributed by atoms with Gasteiger partial charge in [0.05, 0.1) is 0 Å². The summed E-state index contributed by atoms with van der Waals surface area (Å²) in [5, 5.41) is 9.62. The van der Waals surface area contributed by atoms with Crippen LogP contribution in [-0.2, 0) is 9.47 Å². The number of nitrogen functional groups attached to an aromatic ring is 1. The molecular weight excluding hydrogens is 334 g/mol. The summed E-state index contributed by atoms with van der Waals surface area (Å²) in [4.78, 5) is 27.4. The van der Waals surface area contributed by atoms with E-state index < -0.39 is 23.3 Å². The van der Waals surface area contributed by atoms with Gasteiger partial charge in [-0.1, -0.05) is 12.1 Å². The summed E-state index contributed by atoms with van der Waals surface area (Å²) in [7, 11) is 0. The van der Waals surface area contributed by atoms with E-state index in [0.29, 0.717) is 5.75 Å². The lowest BCUT2D eigenvalue weighted by molar-refractivity contribution is -0.0178. The summed E-state index contributed by atoms with van der Waals surface area (Å²) in [6.45, 7) is 0.00544. The maximum absolute atomic E-state index is 11.9. The molecule has 1 fully saturated rings. The molecule has 2 aromatic rings. The van der Waals surface area contributed by atoms with Crippen LogP contribution in [0.2, 0.25) is 0 Å². The molecule has 3 rings (SSSR count). The first-order chi connectivity index (χ1) is 11.5. The van der Waals surface area contributed by atoms with Gasteiger partial charge >= 0.3 is 11.7 Å². The molecule has 0 spiro atoms. The van der Waals surface area contributed by atoms with Crippen molar-refractivity contribution in [3.63, 3.8) is 0 Å². The average Bonchev–Trinajstić information content (AvgIpc) is 3.01. The van der Waals surface area contributed by atoms with Crippen molar-refractivity contribution in [3.05, 3.63) is 52.6 Å². The molecule has 9 heteroatoms. The number of rotatable bonds is 4. The summed E-state index contributed by atoms with van der Waals surface area (Å²) in [5.41, 5.74) is 4.65. The average molecular weight is 349 g/mol. The largest absolute Gasteiger partial charge is 0.507 e. The van der Waals surface area contributed by atoms with Crippen molar-refractivity contribution >= 4 is 23.5 Å². The van der Waals surface area contributed by atoms with E-state index in [1.807, 2.05) is 0 Å². The highest BCUT2D eigenvalue weighted by molar-refractivity contribution is 8.00. The molecule has 0 radical (unpaired) electrons. The zero-order valence-corrected chi connectivity index (χ0v) is 13.3. The number of benzene rings is 1. The van der Waals surface area contributed by atoms with Crippen LogP contribution < -0.4 is 11.4 Å². The number of thioether (sulfide) groups is 1. The van der Waals surface area contributed by atoms with Gasteiger partial charge in [-0.3, -0.25) is 4.57 Å². The lowest BCUT2D eigenvalue weighted by Gasteiger charge is -2.14. The standard InChI is InChI=1S/C15H15N3O5S/c16-11-5-6-18(15(21)17-11)12-8-24-13(23-12)7-22-14(20)9-3-1-2-4-10(9)19/h1-6,12-13,19H,7-8H2,(H2,16,17,21)/t12-,13+/m0/s1. The van der Waals surface area contributed by atoms with Crippen LogP contribution in [0.1, 0.15) is 16.6 Å². The molecule has 3 N–H and O–H groups in total. The number of para-hydroxylation sites is 1. The van der Waals surface area contributed by atoms with Crippen molar-refractivity contribution in [2.75, 3.05) is 18.1 Å². The molecule has 2 heterocycles. The van der Waals surface area contributed by atoms with Crippen LogP contribution in [0.5, 0.6) is 5.75 Å². The Morgan fingerprint density at radius 2 is 2.25 bits per heavy atom. The number of aromatic nitrogens is 2. The van der Waals surface area contributed by atoms with Gasteiger partial charge in [0.2, 0.25) is 0 Å². The fourth-order valence-corrected chi connectivity index (χ4v) is 3.18. The third-order valence-corrected chi connectivity index (χ3v) is 4.47. The number of ether oxygens (including phenoxy) is 2. The van der Waals surface area contributed by atoms with Gasteiger partial charge in [0.15, 0.2) is 0 Å². The number of hydrogen-bond donors (Lipinski definition) is 2. The van der Waals surface area contributed by atoms with E-state index in [-0.39, 0.29) is 23.7 Å². The highest BCUT2D eigenvalue weighted by Crippen LogP contribution is 2.31. The number of carbonyl (C=O) groups excluding carboxylic acids is 1. The second-order valence-electron chi connectivity index (χ2n) is 5.01. The number of carbonyl (C=O) groups is 1. The van der Waals surface area contributed by atoms with E-state index in [9.17, 15) is 14.7 Å². The van der Waals surface area contributed by atoms with Crippen LogP contribution >= 0.6 is 11.8 Å². The Morgan fingerprint density at radius 3 is 3.00 bits per heavy atom. The van der Waals surface area contributed by atoms with Gasteiger partial charge in [0.25, 0.3) is 0 Å². The second kappa shape index (κ2) is 6.93. The number of nitrogens with two attached hydrogens (primary N) is 1. The first-order valence-electron chi connectivity index (χ1n) is 7.11. The molecule has 1 aromatic heterocycles. The molecular formula is C15H15N3O5S. The van der Waals surface area contributed by atoms with Crippen molar-refractivity contribution < 1.29 is 19.4 Å². The summed E-state index contributed by atoms with van der Waals surface area (Å²) >= 11 is 1.42. The monoisotopic (exact) mass is 349 g/mol. The van der Waals surface area contributed by atoms with Crippen molar-refractivity contribution in [3.8, 4) is 5.75 Å². The van der Waals surface area contributed by atoms with Gasteiger partial charge in [-0.25, -0.2) is 9.59 Å². The lowest BCUT2D eigenvalue weighted by Crippen LogP contribution is -2.29. The highest BCUT2D eigenvalue weighted by Gasteiger charge is 2.29. The summed E-state index contributed by atoms with van der Waals surface area (Å²) < 4.78 is 12.2. The summed E-state index contributed by atoms with van der Waals surface area (Å²) in [5.74, 6) is -0.105. The molecule has 0 unspecified atom stereocenters. The number of phenolic OH excluding ortho intramolecular Hbond substituents is 1. The van der Waals surface area contributed by atoms with Crippen LogP contribution in [0.4, 0.5) is 5.82 Å². The first-order valence-corrected chi connectivity index (χ1v) is 8.16. The fourth-order valence-electron chi connectivity index (χ4n) is 2.19. The van der Waals surface area contributed by atoms with Crippen LogP contribution in [0.15, 0.2) is 41.3 Å². The Hall–Kier alpha value is -2.52. The quantitative estimate of drug-likeness (QED) is 0.785. The minimum Gasteiger partial charge on any atom is -0.507 e. The van der Waals surface area contributed by atoms with Gasteiger partial charge in [0, 0.05) is 11.9 Å². The highest BCUT2D eigenvalue weighted by atomic mass is 32.2. The normalized spacial score (nSPS) is 20.0. The molecule has 126 valence electrons. The number of hydrogen-bond acceptors (Lipinski definition) is 8. The predicted molar refractivity (Wildman–Crippen MR) is 87.7 cm³/mol. The SMILES string of the molecule is Nc1ccn([C@@H]2CS[C@H](COC(=O)c3ccccc3O)O2)c(=O)n1. The van der Waals surface area contributed by atoms with Gasteiger partial charge in [-0.15, -0.1) is 11.8 Å². The Balaban J connectivity index is 1.58.